The van der Waals surface area contributed by atoms with Crippen molar-refractivity contribution in [3.8, 4) is 0 Å². The van der Waals surface area contributed by atoms with Crippen LogP contribution in [0.1, 0.15) is 25.7 Å². The third kappa shape index (κ3) is 2.39. The van der Waals surface area contributed by atoms with Crippen molar-refractivity contribution < 1.29 is 20.4 Å². The minimum absolute atomic E-state index is 0. The summed E-state index contributed by atoms with van der Waals surface area (Å²) in [5, 5.41) is 0. The Labute approximate surface area is 98.1 Å². The first kappa shape index (κ1) is 12.8. The van der Waals surface area contributed by atoms with Gasteiger partial charge in [0.2, 0.25) is 0 Å². The molecule has 1 unspecified atom stereocenters. The Hall–Kier alpha value is 0.774. The van der Waals surface area contributed by atoms with Crippen LogP contribution in [0.2, 0.25) is 4.22 Å². The van der Waals surface area contributed by atoms with Gasteiger partial charge in [-0.25, -0.2) is 0 Å². The summed E-state index contributed by atoms with van der Waals surface area (Å²) in [5.74, 6) is 0. The van der Waals surface area contributed by atoms with Crippen LogP contribution in [-0.2, 0) is 20.4 Å². The maximum atomic E-state index is 2.34. The van der Waals surface area contributed by atoms with E-state index in [1.54, 1.807) is 11.1 Å². The molecule has 0 amide bonds. The van der Waals surface area contributed by atoms with Gasteiger partial charge in [-0.15, -0.1) is 24.8 Å². The van der Waals surface area contributed by atoms with E-state index in [-0.39, 0.29) is 24.8 Å². The predicted molar refractivity (Wildman–Crippen MR) is 52.9 cm³/mol. The number of hydrogen-bond donors (Lipinski definition) is 0. The summed E-state index contributed by atoms with van der Waals surface area (Å²) >= 11 is 2.31. The first-order valence-electron chi connectivity index (χ1n) is 3.99. The zero-order valence-corrected chi connectivity index (χ0v) is 10.1. The molecule has 0 saturated carbocycles. The molecule has 0 heterocycles. The molecule has 67 valence electrons. The first-order valence-corrected chi connectivity index (χ1v) is 4.89. The average molecular weight is 240 g/mol. The SMILES string of the molecule is Cl.Cl.[Ti][CH]1C=CC2=C1CCCC2. The molecule has 0 nitrogen and oxygen atoms in total. The van der Waals surface area contributed by atoms with Gasteiger partial charge in [0.05, 0.1) is 0 Å². The van der Waals surface area contributed by atoms with E-state index in [0.29, 0.717) is 0 Å². The Bertz CT molecular complexity index is 209. The number of halogens is 2. The van der Waals surface area contributed by atoms with Crippen molar-refractivity contribution in [2.75, 3.05) is 0 Å². The van der Waals surface area contributed by atoms with Crippen molar-refractivity contribution in [2.45, 2.75) is 29.9 Å². The standard InChI is InChI=1S/C9H11.2ClH.Ti/c1-2-5-9-7-3-6-8(9)4-1;;;/h3,6-7H,1-2,4-5H2;2*1H;. The van der Waals surface area contributed by atoms with E-state index in [1.165, 1.54) is 25.7 Å². The summed E-state index contributed by atoms with van der Waals surface area (Å²) < 4.78 is 0.760. The summed E-state index contributed by atoms with van der Waals surface area (Å²) in [6, 6.07) is 0. The summed E-state index contributed by atoms with van der Waals surface area (Å²) in [7, 11) is 0. The Morgan fingerprint density at radius 2 is 1.83 bits per heavy atom. The van der Waals surface area contributed by atoms with Gasteiger partial charge in [0, 0.05) is 0 Å². The molecule has 0 spiro atoms. The topological polar surface area (TPSA) is 0 Å². The Morgan fingerprint density at radius 1 is 1.17 bits per heavy atom. The summed E-state index contributed by atoms with van der Waals surface area (Å²) in [5.41, 5.74) is 3.38. The fraction of sp³-hybridized carbons (Fsp3) is 0.556. The molecule has 2 aliphatic rings. The molecule has 2 rings (SSSR count). The normalized spacial score (nSPS) is 25.8. The predicted octanol–water partition coefficient (Wildman–Crippen LogP) is 3.61. The molecule has 0 radical (unpaired) electrons. The molecule has 0 fully saturated rings. The van der Waals surface area contributed by atoms with Crippen LogP contribution in [0.15, 0.2) is 23.3 Å². The molecule has 1 atom stereocenters. The van der Waals surface area contributed by atoms with Gasteiger partial charge in [-0.2, -0.15) is 0 Å². The van der Waals surface area contributed by atoms with Crippen LogP contribution < -0.4 is 0 Å². The Balaban J connectivity index is 0.000000605. The number of rotatable bonds is 0. The molecule has 3 heteroatoms. The molecule has 0 bridgehead atoms. The van der Waals surface area contributed by atoms with Gasteiger partial charge in [-0.05, 0) is 0 Å². The zero-order chi connectivity index (χ0) is 6.97. The maximum absolute atomic E-state index is 2.34. The van der Waals surface area contributed by atoms with E-state index in [1.807, 2.05) is 0 Å². The van der Waals surface area contributed by atoms with Crippen molar-refractivity contribution >= 4 is 24.8 Å². The van der Waals surface area contributed by atoms with E-state index in [2.05, 4.69) is 32.6 Å². The molecule has 0 aliphatic heterocycles. The van der Waals surface area contributed by atoms with E-state index < -0.39 is 0 Å². The second-order valence-corrected chi connectivity index (χ2v) is 4.07. The van der Waals surface area contributed by atoms with Gasteiger partial charge in [0.25, 0.3) is 0 Å². The molecular formula is C9H13Cl2Ti. The monoisotopic (exact) mass is 239 g/mol. The second kappa shape index (κ2) is 5.49. The summed E-state index contributed by atoms with van der Waals surface area (Å²) in [6.07, 6.45) is 10.2. The third-order valence-electron chi connectivity index (χ3n) is 2.42. The summed E-state index contributed by atoms with van der Waals surface area (Å²) in [4.78, 5) is 0. The Kier molecular flexibility index (Phi) is 5.85. The van der Waals surface area contributed by atoms with Crippen molar-refractivity contribution in [1.82, 2.24) is 0 Å². The van der Waals surface area contributed by atoms with Gasteiger partial charge in [0.15, 0.2) is 0 Å². The van der Waals surface area contributed by atoms with Crippen LogP contribution in [0.4, 0.5) is 0 Å². The van der Waals surface area contributed by atoms with Gasteiger partial charge < -0.3 is 0 Å². The summed E-state index contributed by atoms with van der Waals surface area (Å²) in [6.45, 7) is 0. The van der Waals surface area contributed by atoms with Gasteiger partial charge in [0.1, 0.15) is 0 Å². The van der Waals surface area contributed by atoms with E-state index in [9.17, 15) is 0 Å². The Morgan fingerprint density at radius 3 is 2.50 bits per heavy atom. The third-order valence-corrected chi connectivity index (χ3v) is 3.26. The quantitative estimate of drug-likeness (QED) is 0.567. The van der Waals surface area contributed by atoms with E-state index >= 15 is 0 Å². The molecule has 2 aliphatic carbocycles. The van der Waals surface area contributed by atoms with Crippen LogP contribution in [0.3, 0.4) is 0 Å². The molecule has 0 N–H and O–H groups in total. The van der Waals surface area contributed by atoms with Crippen molar-refractivity contribution in [2.24, 2.45) is 0 Å². The van der Waals surface area contributed by atoms with Crippen LogP contribution in [-0.4, -0.2) is 0 Å². The van der Waals surface area contributed by atoms with Crippen LogP contribution >= 0.6 is 24.8 Å². The van der Waals surface area contributed by atoms with Crippen molar-refractivity contribution in [3.05, 3.63) is 23.3 Å². The molecular weight excluding hydrogens is 227 g/mol. The zero-order valence-electron chi connectivity index (χ0n) is 6.88. The van der Waals surface area contributed by atoms with Gasteiger partial charge >= 0.3 is 73.6 Å². The van der Waals surface area contributed by atoms with Crippen molar-refractivity contribution in [1.29, 1.82) is 0 Å². The van der Waals surface area contributed by atoms with Crippen molar-refractivity contribution in [3.63, 3.8) is 0 Å². The molecule has 12 heavy (non-hydrogen) atoms. The van der Waals surface area contributed by atoms with E-state index in [0.717, 1.165) is 4.22 Å². The first-order chi connectivity index (χ1) is 4.88. The second-order valence-electron chi connectivity index (χ2n) is 3.09. The van der Waals surface area contributed by atoms with Crippen LogP contribution in [0.5, 0.6) is 0 Å². The number of allylic oxidation sites excluding steroid dienone is 4. The average Bonchev–Trinajstić information content (AvgIpc) is 2.34. The van der Waals surface area contributed by atoms with Gasteiger partial charge in [-0.1, -0.05) is 0 Å². The molecule has 0 aromatic heterocycles. The fourth-order valence-corrected chi connectivity index (χ4v) is 2.49. The fourth-order valence-electron chi connectivity index (χ4n) is 1.83. The number of hydrogen-bond acceptors (Lipinski definition) is 0. The van der Waals surface area contributed by atoms with E-state index in [4.69, 9.17) is 0 Å². The van der Waals surface area contributed by atoms with Gasteiger partial charge in [-0.3, -0.25) is 0 Å². The van der Waals surface area contributed by atoms with Crippen LogP contribution in [0.25, 0.3) is 0 Å². The molecule has 0 aromatic carbocycles. The van der Waals surface area contributed by atoms with Crippen LogP contribution in [0, 0.1) is 0 Å². The minimum atomic E-state index is 0. The molecule has 0 saturated heterocycles. The molecule has 0 aromatic rings.